The predicted octanol–water partition coefficient (Wildman–Crippen LogP) is 13.5. The van der Waals surface area contributed by atoms with E-state index in [0.29, 0.717) is 23.0 Å². The molecule has 55 heavy (non-hydrogen) atoms. The second-order valence-electron chi connectivity index (χ2n) is 14.2. The Bertz CT molecular complexity index is 2880. The van der Waals surface area contributed by atoms with Crippen LogP contribution in [0.3, 0.4) is 0 Å². The fourth-order valence-corrected chi connectivity index (χ4v) is 8.81. The van der Waals surface area contributed by atoms with Gasteiger partial charge in [0.1, 0.15) is 0 Å². The normalized spacial score (nSPS) is 13.2. The summed E-state index contributed by atoms with van der Waals surface area (Å²) in [6, 6.07) is 70.6. The molecule has 3 nitrogen and oxygen atoms in total. The van der Waals surface area contributed by atoms with Gasteiger partial charge in [-0.25, -0.2) is 4.98 Å². The number of para-hydroxylation sites is 1. The van der Waals surface area contributed by atoms with E-state index in [0.717, 1.165) is 50.0 Å². The number of pyridine rings is 1. The highest BCUT2D eigenvalue weighted by Crippen LogP contribution is 2.60. The maximum Gasteiger partial charge on any atom is 0.170 e. The number of ether oxygens (including phenoxy) is 2. The monoisotopic (exact) mass is 703 g/mol. The third-order valence-electron chi connectivity index (χ3n) is 11.2. The molecule has 0 fully saturated rings. The van der Waals surface area contributed by atoms with Gasteiger partial charge in [-0.05, 0) is 92.0 Å². The predicted molar refractivity (Wildman–Crippen MR) is 222 cm³/mol. The van der Waals surface area contributed by atoms with Crippen molar-refractivity contribution < 1.29 is 9.47 Å². The van der Waals surface area contributed by atoms with Crippen molar-refractivity contribution in [2.75, 3.05) is 0 Å². The Kier molecular flexibility index (Phi) is 7.08. The van der Waals surface area contributed by atoms with Crippen LogP contribution in [-0.2, 0) is 5.41 Å². The van der Waals surface area contributed by atoms with Crippen molar-refractivity contribution >= 4 is 10.9 Å². The Morgan fingerprint density at radius 1 is 0.345 bits per heavy atom. The van der Waals surface area contributed by atoms with Gasteiger partial charge in [0.15, 0.2) is 23.0 Å². The molecule has 0 unspecified atom stereocenters. The molecule has 2 heterocycles. The second kappa shape index (κ2) is 12.4. The quantitative estimate of drug-likeness (QED) is 0.179. The van der Waals surface area contributed by atoms with Crippen LogP contribution in [0.5, 0.6) is 23.0 Å². The molecule has 0 saturated carbocycles. The lowest BCUT2D eigenvalue weighted by molar-refractivity contribution is 0.359. The highest BCUT2D eigenvalue weighted by atomic mass is 16.6. The standard InChI is InChI=1S/C52H33NO2/c1-4-16-34(17-5-1)42-31-47(53-46-27-15-13-25-41(42)46)40-24-11-10-22-38(40)35-28-29-48-49(30-35)55-50-32-43-39-23-12-14-26-44(39)52(36-18-6-2-7-19-36,37-20-8-3-9-21-37)45(43)33-51(50)54-48/h1-33H. The van der Waals surface area contributed by atoms with E-state index in [4.69, 9.17) is 14.5 Å². The molecule has 1 aromatic heterocycles. The summed E-state index contributed by atoms with van der Waals surface area (Å²) in [7, 11) is 0. The van der Waals surface area contributed by atoms with Gasteiger partial charge in [0, 0.05) is 10.9 Å². The molecule has 0 radical (unpaired) electrons. The highest BCUT2D eigenvalue weighted by Gasteiger charge is 2.47. The fourth-order valence-electron chi connectivity index (χ4n) is 8.81. The van der Waals surface area contributed by atoms with Crippen LogP contribution in [0, 0.1) is 0 Å². The van der Waals surface area contributed by atoms with Crippen LogP contribution < -0.4 is 9.47 Å². The van der Waals surface area contributed by atoms with Crippen molar-refractivity contribution in [3.8, 4) is 67.6 Å². The average molecular weight is 704 g/mol. The summed E-state index contributed by atoms with van der Waals surface area (Å²) < 4.78 is 13.5. The van der Waals surface area contributed by atoms with Crippen LogP contribution in [0.15, 0.2) is 200 Å². The first-order valence-corrected chi connectivity index (χ1v) is 18.7. The first-order valence-electron chi connectivity index (χ1n) is 18.7. The zero-order valence-electron chi connectivity index (χ0n) is 29.8. The molecule has 1 aliphatic carbocycles. The zero-order valence-corrected chi connectivity index (χ0v) is 29.8. The van der Waals surface area contributed by atoms with Crippen molar-refractivity contribution in [1.29, 1.82) is 0 Å². The van der Waals surface area contributed by atoms with Crippen LogP contribution in [0.25, 0.3) is 55.5 Å². The summed E-state index contributed by atoms with van der Waals surface area (Å²) in [4.78, 5) is 5.19. The third kappa shape index (κ3) is 4.87. The van der Waals surface area contributed by atoms with E-state index in [1.54, 1.807) is 0 Å². The number of nitrogens with zero attached hydrogens (tertiary/aromatic N) is 1. The summed E-state index contributed by atoms with van der Waals surface area (Å²) >= 11 is 0. The van der Waals surface area contributed by atoms with Gasteiger partial charge in [0.05, 0.1) is 16.6 Å². The largest absolute Gasteiger partial charge is 0.450 e. The number of benzene rings is 8. The van der Waals surface area contributed by atoms with E-state index in [1.165, 1.54) is 27.8 Å². The topological polar surface area (TPSA) is 31.4 Å². The Morgan fingerprint density at radius 2 is 0.927 bits per heavy atom. The van der Waals surface area contributed by atoms with Crippen LogP contribution in [0.1, 0.15) is 22.3 Å². The minimum absolute atomic E-state index is 0.516. The van der Waals surface area contributed by atoms with Crippen molar-refractivity contribution in [3.05, 3.63) is 222 Å². The van der Waals surface area contributed by atoms with E-state index in [-0.39, 0.29) is 0 Å². The van der Waals surface area contributed by atoms with E-state index >= 15 is 0 Å². The summed E-state index contributed by atoms with van der Waals surface area (Å²) in [5.41, 5.74) is 14.0. The van der Waals surface area contributed by atoms with Gasteiger partial charge in [0.2, 0.25) is 0 Å². The minimum atomic E-state index is -0.516. The Hall–Kier alpha value is -7.23. The van der Waals surface area contributed by atoms with Gasteiger partial charge in [-0.3, -0.25) is 0 Å². The number of hydrogen-bond donors (Lipinski definition) is 0. The molecule has 9 aromatic rings. The lowest BCUT2D eigenvalue weighted by Gasteiger charge is -2.34. The average Bonchev–Trinajstić information content (AvgIpc) is 3.55. The summed E-state index contributed by atoms with van der Waals surface area (Å²) in [6.07, 6.45) is 0. The second-order valence-corrected chi connectivity index (χ2v) is 14.2. The molecule has 0 atom stereocenters. The Labute approximate surface area is 319 Å². The number of fused-ring (bicyclic) bond motifs is 6. The molecule has 1 aliphatic heterocycles. The lowest BCUT2D eigenvalue weighted by atomic mass is 9.67. The molecule has 0 saturated heterocycles. The molecule has 2 aliphatic rings. The molecule has 0 spiro atoms. The molecular formula is C52H33NO2. The van der Waals surface area contributed by atoms with E-state index in [9.17, 15) is 0 Å². The Morgan fingerprint density at radius 3 is 1.69 bits per heavy atom. The van der Waals surface area contributed by atoms with Crippen molar-refractivity contribution in [2.45, 2.75) is 5.41 Å². The summed E-state index contributed by atoms with van der Waals surface area (Å²) in [5.74, 6) is 2.77. The molecular weight excluding hydrogens is 671 g/mol. The van der Waals surface area contributed by atoms with E-state index in [2.05, 4.69) is 194 Å². The first kappa shape index (κ1) is 31.3. The van der Waals surface area contributed by atoms with Crippen LogP contribution >= 0.6 is 0 Å². The molecule has 0 N–H and O–H groups in total. The molecule has 3 heteroatoms. The maximum absolute atomic E-state index is 6.80. The molecule has 258 valence electrons. The van der Waals surface area contributed by atoms with E-state index < -0.39 is 5.41 Å². The minimum Gasteiger partial charge on any atom is -0.450 e. The van der Waals surface area contributed by atoms with Gasteiger partial charge in [-0.2, -0.15) is 0 Å². The number of hydrogen-bond acceptors (Lipinski definition) is 3. The van der Waals surface area contributed by atoms with E-state index in [1.807, 2.05) is 6.07 Å². The van der Waals surface area contributed by atoms with Crippen molar-refractivity contribution in [3.63, 3.8) is 0 Å². The van der Waals surface area contributed by atoms with Gasteiger partial charge < -0.3 is 9.47 Å². The molecule has 0 amide bonds. The molecule has 0 bridgehead atoms. The van der Waals surface area contributed by atoms with Crippen LogP contribution in [0.4, 0.5) is 0 Å². The van der Waals surface area contributed by atoms with Gasteiger partial charge in [-0.15, -0.1) is 0 Å². The molecule has 8 aromatic carbocycles. The summed E-state index contributed by atoms with van der Waals surface area (Å²) in [6.45, 7) is 0. The summed E-state index contributed by atoms with van der Waals surface area (Å²) in [5, 5.41) is 1.13. The van der Waals surface area contributed by atoms with Crippen molar-refractivity contribution in [2.24, 2.45) is 0 Å². The molecule has 11 rings (SSSR count). The fraction of sp³-hybridized carbons (Fsp3) is 0.0192. The first-order chi connectivity index (χ1) is 27.3. The number of aromatic nitrogens is 1. The lowest BCUT2D eigenvalue weighted by Crippen LogP contribution is -2.28. The van der Waals surface area contributed by atoms with Gasteiger partial charge in [-0.1, -0.05) is 164 Å². The SMILES string of the molecule is c1ccc(-c2cc(-c3ccccc3-c3ccc4c(c3)Oc3cc5c(cc3O4)C(c3ccccc3)(c3ccccc3)c3ccccc3-5)nc3ccccc23)cc1. The maximum atomic E-state index is 6.80. The third-order valence-corrected chi connectivity index (χ3v) is 11.2. The van der Waals surface area contributed by atoms with Crippen molar-refractivity contribution in [1.82, 2.24) is 4.98 Å². The number of rotatable bonds is 5. The van der Waals surface area contributed by atoms with Gasteiger partial charge >= 0.3 is 0 Å². The Balaban J connectivity index is 1.03. The zero-order chi connectivity index (χ0) is 36.3. The van der Waals surface area contributed by atoms with Gasteiger partial charge in [0.25, 0.3) is 0 Å². The highest BCUT2D eigenvalue weighted by molar-refractivity contribution is 5.98. The smallest absolute Gasteiger partial charge is 0.170 e. The van der Waals surface area contributed by atoms with Crippen LogP contribution in [0.2, 0.25) is 0 Å². The van der Waals surface area contributed by atoms with Crippen LogP contribution in [-0.4, -0.2) is 4.98 Å².